The summed E-state index contributed by atoms with van der Waals surface area (Å²) >= 11 is 0. The standard InChI is InChI=1S/C78H133NO18/c1-3-5-7-9-11-13-15-17-19-21-23-25-27-28-29-30-31-32-34-36-38-40-42-44-46-48-50-52-54-56-66(84)79-61(62(83)55-53-51-49-47-45-43-41-39-37-35-33-26-24-22-20-18-16-14-12-10-8-6-4-2)60-92-76-72(90)69(87)74(64(58-81)94-76)97-78-73(91)70(88)75(65(59-82)95-78)96-77-71(89)68(86)67(85)63(57-80)93-77/h5,7,11,13,17,19,23,25,28-29,31-32,36,38,42,44,48,50,61-65,67-78,80-83,85-91H,3-4,6,8-10,12,14-16,18,20-22,24,26-27,30,33-35,37,39-41,43,45-47,49,51-60H2,1-2H3,(H,79,84)/b7-5-,13-11-,19-17-,25-23-,29-28-,32-31-,38-36-,44-42-,50-48-. The molecule has 3 aliphatic rings. The highest BCUT2D eigenvalue weighted by Gasteiger charge is 2.53. The van der Waals surface area contributed by atoms with Crippen LogP contribution in [-0.4, -0.2) is 193 Å². The Morgan fingerprint density at radius 3 is 1.07 bits per heavy atom. The molecule has 17 unspecified atom stereocenters. The number of aliphatic hydroxyl groups excluding tert-OH is 11. The fourth-order valence-corrected chi connectivity index (χ4v) is 12.1. The van der Waals surface area contributed by atoms with E-state index in [1.165, 1.54) is 122 Å². The molecule has 0 aliphatic carbocycles. The van der Waals surface area contributed by atoms with Crippen molar-refractivity contribution in [2.45, 2.75) is 349 Å². The molecular weight excluding hydrogens is 1240 g/mol. The zero-order chi connectivity index (χ0) is 70.4. The minimum absolute atomic E-state index is 0.179. The molecule has 0 radical (unpaired) electrons. The summed E-state index contributed by atoms with van der Waals surface area (Å²) in [4.78, 5) is 13.4. The second-order valence-corrected chi connectivity index (χ2v) is 26.4. The highest BCUT2D eigenvalue weighted by atomic mass is 16.8. The summed E-state index contributed by atoms with van der Waals surface area (Å²) in [5, 5.41) is 121. The van der Waals surface area contributed by atoms with E-state index in [-0.39, 0.29) is 18.9 Å². The fourth-order valence-electron chi connectivity index (χ4n) is 12.1. The molecule has 19 nitrogen and oxygen atoms in total. The lowest BCUT2D eigenvalue weighted by molar-refractivity contribution is -0.379. The summed E-state index contributed by atoms with van der Waals surface area (Å²) in [5.74, 6) is -0.303. The van der Waals surface area contributed by atoms with Gasteiger partial charge in [0, 0.05) is 6.42 Å². The molecule has 3 rings (SSSR count). The number of hydrogen-bond acceptors (Lipinski definition) is 18. The molecule has 17 atom stereocenters. The van der Waals surface area contributed by atoms with Crippen LogP contribution in [0.5, 0.6) is 0 Å². The van der Waals surface area contributed by atoms with E-state index in [9.17, 15) is 61.0 Å². The van der Waals surface area contributed by atoms with Crippen LogP contribution in [0.4, 0.5) is 0 Å². The predicted molar refractivity (Wildman–Crippen MR) is 383 cm³/mol. The van der Waals surface area contributed by atoms with Crippen molar-refractivity contribution in [3.8, 4) is 0 Å². The highest BCUT2D eigenvalue weighted by Crippen LogP contribution is 2.33. The number of allylic oxidation sites excluding steroid dienone is 18. The van der Waals surface area contributed by atoms with E-state index in [2.05, 4.69) is 122 Å². The van der Waals surface area contributed by atoms with Crippen LogP contribution in [0.25, 0.3) is 0 Å². The number of nitrogens with one attached hydrogen (secondary N) is 1. The maximum atomic E-state index is 13.4. The van der Waals surface area contributed by atoms with Gasteiger partial charge in [0.25, 0.3) is 0 Å². The highest BCUT2D eigenvalue weighted by molar-refractivity contribution is 5.76. The van der Waals surface area contributed by atoms with Gasteiger partial charge in [-0.25, -0.2) is 0 Å². The van der Waals surface area contributed by atoms with Gasteiger partial charge in [0.15, 0.2) is 18.9 Å². The van der Waals surface area contributed by atoms with Crippen molar-refractivity contribution in [3.05, 3.63) is 109 Å². The molecule has 0 aromatic carbocycles. The molecule has 0 aromatic heterocycles. The van der Waals surface area contributed by atoms with Gasteiger partial charge in [0.2, 0.25) is 5.91 Å². The summed E-state index contributed by atoms with van der Waals surface area (Å²) in [5.41, 5.74) is 0. The van der Waals surface area contributed by atoms with Crippen molar-refractivity contribution < 1.29 is 89.4 Å². The molecule has 12 N–H and O–H groups in total. The van der Waals surface area contributed by atoms with Gasteiger partial charge in [-0.2, -0.15) is 0 Å². The van der Waals surface area contributed by atoms with Gasteiger partial charge >= 0.3 is 0 Å². The van der Waals surface area contributed by atoms with Gasteiger partial charge < -0.3 is 89.9 Å². The van der Waals surface area contributed by atoms with Crippen molar-refractivity contribution in [1.82, 2.24) is 5.32 Å². The Morgan fingerprint density at radius 1 is 0.381 bits per heavy atom. The Labute approximate surface area is 583 Å². The van der Waals surface area contributed by atoms with Crippen molar-refractivity contribution in [2.75, 3.05) is 26.4 Å². The molecule has 97 heavy (non-hydrogen) atoms. The average Bonchev–Trinajstić information content (AvgIpc) is 0.789. The van der Waals surface area contributed by atoms with E-state index >= 15 is 0 Å². The van der Waals surface area contributed by atoms with Crippen molar-refractivity contribution >= 4 is 5.91 Å². The molecule has 3 fully saturated rings. The normalized spacial score (nSPS) is 27.5. The molecule has 19 heteroatoms. The van der Waals surface area contributed by atoms with Gasteiger partial charge in [-0.1, -0.05) is 271 Å². The van der Waals surface area contributed by atoms with Crippen molar-refractivity contribution in [2.24, 2.45) is 0 Å². The summed E-state index contributed by atoms with van der Waals surface area (Å²) in [6, 6.07) is -0.928. The molecule has 3 aliphatic heterocycles. The van der Waals surface area contributed by atoms with Crippen LogP contribution in [0.15, 0.2) is 109 Å². The van der Waals surface area contributed by atoms with Crippen LogP contribution < -0.4 is 5.32 Å². The zero-order valence-electron chi connectivity index (χ0n) is 59.3. The molecule has 3 saturated heterocycles. The maximum Gasteiger partial charge on any atom is 0.220 e. The molecule has 0 saturated carbocycles. The van der Waals surface area contributed by atoms with E-state index < -0.39 is 124 Å². The number of carbonyl (C=O) groups excluding carboxylic acids is 1. The Morgan fingerprint density at radius 2 is 0.701 bits per heavy atom. The van der Waals surface area contributed by atoms with E-state index in [4.69, 9.17) is 28.4 Å². The van der Waals surface area contributed by atoms with Crippen molar-refractivity contribution in [3.63, 3.8) is 0 Å². The van der Waals surface area contributed by atoms with Crippen LogP contribution in [0.2, 0.25) is 0 Å². The van der Waals surface area contributed by atoms with E-state index in [1.807, 2.05) is 6.08 Å². The van der Waals surface area contributed by atoms with E-state index in [1.54, 1.807) is 0 Å². The molecule has 0 spiro atoms. The number of unbranched alkanes of at least 4 members (excludes halogenated alkanes) is 23. The SMILES string of the molecule is CC/C=C\C/C=C\C/C=C\C/C=C\C/C=C\C/C=C\C/C=C\C/C=C\C/C=C\CCCC(=O)NC(COC1OC(CO)C(OC2OC(CO)C(OC3OC(CO)C(O)C(O)C3O)C(O)C2O)C(O)C1O)C(O)CCCCCCCCCCCCCCCCCCCCCCCCC. The van der Waals surface area contributed by atoms with E-state index in [0.29, 0.717) is 25.7 Å². The largest absolute Gasteiger partial charge is 0.394 e. The van der Waals surface area contributed by atoms with E-state index in [0.717, 1.165) is 77.0 Å². The lowest BCUT2D eigenvalue weighted by atomic mass is 9.96. The second-order valence-electron chi connectivity index (χ2n) is 26.4. The maximum absolute atomic E-state index is 13.4. The van der Waals surface area contributed by atoms with Crippen LogP contribution in [0.3, 0.4) is 0 Å². The summed E-state index contributed by atoms with van der Waals surface area (Å²) in [7, 11) is 0. The Balaban J connectivity index is 1.43. The van der Waals surface area contributed by atoms with Gasteiger partial charge in [-0.3, -0.25) is 4.79 Å². The van der Waals surface area contributed by atoms with Gasteiger partial charge in [-0.05, 0) is 77.0 Å². The lowest BCUT2D eigenvalue weighted by Gasteiger charge is -2.48. The third kappa shape index (κ3) is 38.9. The first-order valence-corrected chi connectivity index (χ1v) is 37.6. The third-order valence-electron chi connectivity index (χ3n) is 18.1. The van der Waals surface area contributed by atoms with Crippen LogP contribution in [0.1, 0.15) is 245 Å². The molecular formula is C78H133NO18. The third-order valence-corrected chi connectivity index (χ3v) is 18.1. The van der Waals surface area contributed by atoms with Gasteiger partial charge in [0.05, 0.1) is 38.6 Å². The smallest absolute Gasteiger partial charge is 0.220 e. The van der Waals surface area contributed by atoms with Gasteiger partial charge in [0.1, 0.15) is 73.2 Å². The van der Waals surface area contributed by atoms with Crippen LogP contribution in [-0.2, 0) is 33.2 Å². The van der Waals surface area contributed by atoms with Crippen LogP contribution >= 0.6 is 0 Å². The molecule has 1 amide bonds. The number of ether oxygens (including phenoxy) is 6. The first kappa shape index (κ1) is 87.7. The number of hydrogen-bond donors (Lipinski definition) is 12. The molecule has 0 bridgehead atoms. The zero-order valence-corrected chi connectivity index (χ0v) is 59.3. The minimum Gasteiger partial charge on any atom is -0.394 e. The first-order chi connectivity index (χ1) is 47.3. The summed E-state index contributed by atoms with van der Waals surface area (Å²) in [6.45, 7) is 1.65. The average molecular weight is 1370 g/mol. The van der Waals surface area contributed by atoms with Crippen LogP contribution in [0, 0.1) is 0 Å². The predicted octanol–water partition coefficient (Wildman–Crippen LogP) is 11.4. The monoisotopic (exact) mass is 1370 g/mol. The summed E-state index contributed by atoms with van der Waals surface area (Å²) in [6.07, 6.45) is 51.7. The minimum atomic E-state index is -1.98. The molecule has 558 valence electrons. The Kier molecular flexibility index (Phi) is 52.4. The quantitative estimate of drug-likeness (QED) is 0.0199. The molecule has 3 heterocycles. The topological polar surface area (TPSA) is 307 Å². The number of rotatable bonds is 57. The lowest BCUT2D eigenvalue weighted by Crippen LogP contribution is -2.66. The second kappa shape index (κ2) is 58.0. The number of aliphatic hydroxyl groups is 11. The molecule has 0 aromatic rings. The summed E-state index contributed by atoms with van der Waals surface area (Å²) < 4.78 is 34.4. The first-order valence-electron chi connectivity index (χ1n) is 37.6. The number of carbonyl (C=O) groups is 1. The van der Waals surface area contributed by atoms with Crippen molar-refractivity contribution in [1.29, 1.82) is 0 Å². The number of amides is 1. The Bertz CT molecular complexity index is 2180. The fraction of sp³-hybridized carbons (Fsp3) is 0.756. The van der Waals surface area contributed by atoms with Gasteiger partial charge in [-0.15, -0.1) is 0 Å². The Hall–Kier alpha value is -3.55.